The highest BCUT2D eigenvalue weighted by atomic mass is 16.3. The van der Waals surface area contributed by atoms with Crippen LogP contribution in [0.3, 0.4) is 0 Å². The highest BCUT2D eigenvalue weighted by Gasteiger charge is 2.51. The van der Waals surface area contributed by atoms with Gasteiger partial charge in [0.25, 0.3) is 0 Å². The van der Waals surface area contributed by atoms with E-state index in [0.29, 0.717) is 12.3 Å². The van der Waals surface area contributed by atoms with Crippen molar-refractivity contribution in [3.8, 4) is 11.8 Å². The summed E-state index contributed by atoms with van der Waals surface area (Å²) in [6.07, 6.45) is 5.40. The van der Waals surface area contributed by atoms with E-state index in [9.17, 15) is 5.11 Å². The number of nitrogens with zero attached hydrogens (tertiary/aromatic N) is 1. The molecule has 2 aliphatic carbocycles. The second-order valence-corrected chi connectivity index (χ2v) is 8.12. The summed E-state index contributed by atoms with van der Waals surface area (Å²) in [6.45, 7) is 9.16. The second-order valence-electron chi connectivity index (χ2n) is 8.12. The van der Waals surface area contributed by atoms with Crippen molar-refractivity contribution in [3.05, 3.63) is 76.6 Å². The second kappa shape index (κ2) is 6.88. The Morgan fingerprint density at radius 2 is 2.00 bits per heavy atom. The van der Waals surface area contributed by atoms with E-state index in [1.54, 1.807) is 0 Å². The van der Waals surface area contributed by atoms with Crippen molar-refractivity contribution in [1.29, 1.82) is 0 Å². The fourth-order valence-electron chi connectivity index (χ4n) is 5.38. The molecule has 3 atom stereocenters. The van der Waals surface area contributed by atoms with Gasteiger partial charge in [0.1, 0.15) is 5.60 Å². The molecular weight excluding hydrogens is 330 g/mol. The minimum absolute atomic E-state index is 0.0249. The van der Waals surface area contributed by atoms with Gasteiger partial charge in [0.15, 0.2) is 5.69 Å². The molecule has 2 heteroatoms. The van der Waals surface area contributed by atoms with Crippen molar-refractivity contribution in [3.63, 3.8) is 0 Å². The molecule has 0 aliphatic heterocycles. The van der Waals surface area contributed by atoms with Crippen LogP contribution in [0.15, 0.2) is 48.5 Å². The van der Waals surface area contributed by atoms with Crippen LogP contribution in [-0.4, -0.2) is 10.7 Å². The predicted octanol–water partition coefficient (Wildman–Crippen LogP) is 5.22. The van der Waals surface area contributed by atoms with Crippen molar-refractivity contribution in [1.82, 2.24) is 0 Å². The van der Waals surface area contributed by atoms with Crippen molar-refractivity contribution >= 4 is 5.69 Å². The number of aryl methyl sites for hydroxylation is 1. The molecular formula is C25H25NO. The molecule has 1 N–H and O–H groups in total. The zero-order chi connectivity index (χ0) is 18.9. The molecule has 0 saturated heterocycles. The van der Waals surface area contributed by atoms with Crippen molar-refractivity contribution in [2.24, 2.45) is 5.92 Å². The van der Waals surface area contributed by atoms with Gasteiger partial charge in [0, 0.05) is 5.41 Å². The summed E-state index contributed by atoms with van der Waals surface area (Å²) in [5, 5.41) is 11.0. The average Bonchev–Trinajstić information content (AvgIpc) is 2.69. The number of rotatable bonds is 2. The van der Waals surface area contributed by atoms with Gasteiger partial charge in [-0.15, -0.1) is 5.92 Å². The third kappa shape index (κ3) is 3.16. The lowest BCUT2D eigenvalue weighted by Gasteiger charge is -2.52. The Labute approximate surface area is 162 Å². The molecule has 0 bridgehead atoms. The molecule has 27 heavy (non-hydrogen) atoms. The van der Waals surface area contributed by atoms with Gasteiger partial charge in [-0.1, -0.05) is 60.0 Å². The lowest BCUT2D eigenvalue weighted by molar-refractivity contribution is -0.00800. The highest BCUT2D eigenvalue weighted by Crippen LogP contribution is 2.54. The maximum absolute atomic E-state index is 11.0. The SMILES string of the molecule is [C-]#[N+]c1ccc2c(c1)CC[C@@H]1C[C@@](O)(C#CC)CC[C@@]21Cc1ccccc1. The number of benzene rings is 2. The van der Waals surface area contributed by atoms with Gasteiger partial charge >= 0.3 is 0 Å². The summed E-state index contributed by atoms with van der Waals surface area (Å²) in [5.41, 5.74) is 3.96. The van der Waals surface area contributed by atoms with Gasteiger partial charge in [-0.05, 0) is 62.5 Å². The van der Waals surface area contributed by atoms with Crippen molar-refractivity contribution in [2.75, 3.05) is 0 Å². The molecule has 1 saturated carbocycles. The van der Waals surface area contributed by atoms with Crippen LogP contribution in [0, 0.1) is 24.3 Å². The molecule has 2 aromatic carbocycles. The van der Waals surface area contributed by atoms with Gasteiger partial charge in [-0.2, -0.15) is 0 Å². The first kappa shape index (κ1) is 17.8. The Morgan fingerprint density at radius 1 is 1.19 bits per heavy atom. The van der Waals surface area contributed by atoms with Crippen LogP contribution >= 0.6 is 0 Å². The summed E-state index contributed by atoms with van der Waals surface area (Å²) in [6, 6.07) is 16.9. The van der Waals surface area contributed by atoms with Crippen LogP contribution in [0.5, 0.6) is 0 Å². The number of hydrogen-bond donors (Lipinski definition) is 1. The maximum atomic E-state index is 11.0. The third-order valence-electron chi connectivity index (χ3n) is 6.59. The van der Waals surface area contributed by atoms with E-state index in [-0.39, 0.29) is 5.41 Å². The summed E-state index contributed by atoms with van der Waals surface area (Å²) < 4.78 is 0. The molecule has 0 heterocycles. The molecule has 0 unspecified atom stereocenters. The molecule has 2 aromatic rings. The molecule has 0 spiro atoms. The molecule has 0 aromatic heterocycles. The van der Waals surface area contributed by atoms with Gasteiger partial charge in [0.05, 0.1) is 6.57 Å². The smallest absolute Gasteiger partial charge is 0.187 e. The third-order valence-corrected chi connectivity index (χ3v) is 6.59. The van der Waals surface area contributed by atoms with E-state index in [2.05, 4.69) is 59.2 Å². The first-order valence-corrected chi connectivity index (χ1v) is 9.80. The first-order chi connectivity index (χ1) is 13.1. The molecule has 1 fully saturated rings. The fraction of sp³-hybridized carbons (Fsp3) is 0.400. The Morgan fingerprint density at radius 3 is 2.74 bits per heavy atom. The number of fused-ring (bicyclic) bond motifs is 3. The molecule has 2 nitrogen and oxygen atoms in total. The monoisotopic (exact) mass is 355 g/mol. The molecule has 136 valence electrons. The van der Waals surface area contributed by atoms with Gasteiger partial charge in [-0.3, -0.25) is 0 Å². The Kier molecular flexibility index (Phi) is 4.55. The van der Waals surface area contributed by atoms with Crippen LogP contribution in [0.2, 0.25) is 0 Å². The topological polar surface area (TPSA) is 24.6 Å². The summed E-state index contributed by atoms with van der Waals surface area (Å²) in [7, 11) is 0. The minimum atomic E-state index is -0.854. The fourth-order valence-corrected chi connectivity index (χ4v) is 5.38. The number of aliphatic hydroxyl groups is 1. The van der Waals surface area contributed by atoms with Crippen LogP contribution in [0.1, 0.15) is 49.3 Å². The van der Waals surface area contributed by atoms with Gasteiger partial charge < -0.3 is 5.11 Å². The van der Waals surface area contributed by atoms with Gasteiger partial charge in [0.2, 0.25) is 0 Å². The van der Waals surface area contributed by atoms with Crippen LogP contribution in [0.4, 0.5) is 5.69 Å². The Balaban J connectivity index is 1.80. The van der Waals surface area contributed by atoms with E-state index in [1.807, 2.05) is 13.0 Å². The standard InChI is InChI=1S/C25H25NO/c1-3-13-24(27)14-15-25(17-19-7-5-4-6-8-19)21(18-24)10-9-20-16-22(26-2)11-12-23(20)25/h4-8,11-12,16,21,27H,9-10,14-15,17-18H2,1H3/t21-,24-,25+/m1/s1. The van der Waals surface area contributed by atoms with E-state index >= 15 is 0 Å². The van der Waals surface area contributed by atoms with E-state index in [1.165, 1.54) is 16.7 Å². The number of hydrogen-bond acceptors (Lipinski definition) is 1. The molecule has 4 rings (SSSR count). The van der Waals surface area contributed by atoms with E-state index < -0.39 is 5.60 Å². The first-order valence-electron chi connectivity index (χ1n) is 9.80. The largest absolute Gasteiger partial charge is 0.378 e. The van der Waals surface area contributed by atoms with E-state index in [4.69, 9.17) is 6.57 Å². The Bertz CT molecular complexity index is 946. The van der Waals surface area contributed by atoms with E-state index in [0.717, 1.165) is 37.8 Å². The summed E-state index contributed by atoms with van der Waals surface area (Å²) in [4.78, 5) is 3.63. The summed E-state index contributed by atoms with van der Waals surface area (Å²) in [5.74, 6) is 6.43. The normalized spacial score (nSPS) is 28.9. The summed E-state index contributed by atoms with van der Waals surface area (Å²) >= 11 is 0. The molecule has 0 amide bonds. The van der Waals surface area contributed by atoms with Crippen LogP contribution in [0.25, 0.3) is 4.85 Å². The quantitative estimate of drug-likeness (QED) is 0.580. The molecule has 2 aliphatic rings. The zero-order valence-electron chi connectivity index (χ0n) is 15.8. The zero-order valence-corrected chi connectivity index (χ0v) is 15.8. The lowest BCUT2D eigenvalue weighted by Crippen LogP contribution is -2.50. The lowest BCUT2D eigenvalue weighted by atomic mass is 9.52. The van der Waals surface area contributed by atoms with Crippen LogP contribution < -0.4 is 0 Å². The minimum Gasteiger partial charge on any atom is -0.378 e. The van der Waals surface area contributed by atoms with Gasteiger partial charge in [-0.25, -0.2) is 4.85 Å². The average molecular weight is 355 g/mol. The van der Waals surface area contributed by atoms with Crippen molar-refractivity contribution < 1.29 is 5.11 Å². The predicted molar refractivity (Wildman–Crippen MR) is 109 cm³/mol. The highest BCUT2D eigenvalue weighted by molar-refractivity contribution is 5.53. The van der Waals surface area contributed by atoms with Crippen molar-refractivity contribution in [2.45, 2.75) is 56.5 Å². The van der Waals surface area contributed by atoms with Crippen LogP contribution in [-0.2, 0) is 18.3 Å². The maximum Gasteiger partial charge on any atom is 0.187 e. The Hall–Kier alpha value is -2.55. The molecule has 0 radical (unpaired) electrons.